The second-order valence-corrected chi connectivity index (χ2v) is 8.55. The number of aromatic nitrogens is 1. The molecular formula is C29H25NO5. The molecule has 0 aliphatic heterocycles. The Morgan fingerprint density at radius 1 is 1.03 bits per heavy atom. The van der Waals surface area contributed by atoms with Crippen molar-refractivity contribution in [2.45, 2.75) is 26.9 Å². The van der Waals surface area contributed by atoms with Crippen molar-refractivity contribution in [1.82, 2.24) is 4.98 Å². The summed E-state index contributed by atoms with van der Waals surface area (Å²) < 4.78 is 17.6. The number of aromatic carboxylic acids is 1. The zero-order valence-corrected chi connectivity index (χ0v) is 20.0. The van der Waals surface area contributed by atoms with Crippen molar-refractivity contribution in [2.24, 2.45) is 0 Å². The molecule has 0 amide bonds. The van der Waals surface area contributed by atoms with Crippen LogP contribution in [0.15, 0.2) is 71.1 Å². The molecule has 0 aliphatic rings. The zero-order chi connectivity index (χ0) is 24.7. The summed E-state index contributed by atoms with van der Waals surface area (Å²) in [5, 5.41) is 11.6. The smallest absolute Gasteiger partial charge is 0.336 e. The zero-order valence-electron chi connectivity index (χ0n) is 20.0. The van der Waals surface area contributed by atoms with Crippen LogP contribution in [0.1, 0.15) is 40.1 Å². The largest absolute Gasteiger partial charge is 0.497 e. The molecule has 5 aromatic rings. The molecule has 5 rings (SSSR count). The molecule has 1 N–H and O–H groups in total. The molecule has 176 valence electrons. The number of rotatable bonds is 6. The first-order valence-electron chi connectivity index (χ1n) is 11.3. The maximum atomic E-state index is 12.4. The van der Waals surface area contributed by atoms with Gasteiger partial charge in [-0.1, -0.05) is 36.4 Å². The number of nitrogens with zero attached hydrogens (tertiary/aromatic N) is 1. The third-order valence-electron chi connectivity index (χ3n) is 6.32. The number of fused-ring (bicyclic) bond motifs is 2. The predicted molar refractivity (Wildman–Crippen MR) is 135 cm³/mol. The minimum Gasteiger partial charge on any atom is -0.497 e. The SMILES string of the molecule is COc1ccc([C@@H](C)Oc2ccc(C)c3nc(-c4oc5ccccc5c4C)cc(C(=O)O)c23)cc1. The molecule has 0 aliphatic carbocycles. The van der Waals surface area contributed by atoms with E-state index in [1.165, 1.54) is 0 Å². The van der Waals surface area contributed by atoms with Gasteiger partial charge in [-0.25, -0.2) is 9.78 Å². The van der Waals surface area contributed by atoms with Crippen molar-refractivity contribution in [2.75, 3.05) is 7.11 Å². The first-order chi connectivity index (χ1) is 16.9. The Labute approximate surface area is 202 Å². The second kappa shape index (κ2) is 8.80. The third kappa shape index (κ3) is 3.97. The Kier molecular flexibility index (Phi) is 5.65. The van der Waals surface area contributed by atoms with Crippen LogP contribution in [0.3, 0.4) is 0 Å². The van der Waals surface area contributed by atoms with Gasteiger partial charge in [-0.2, -0.15) is 0 Å². The molecule has 2 heterocycles. The van der Waals surface area contributed by atoms with Crippen LogP contribution < -0.4 is 9.47 Å². The first-order valence-corrected chi connectivity index (χ1v) is 11.3. The summed E-state index contributed by atoms with van der Waals surface area (Å²) in [4.78, 5) is 17.3. The maximum absolute atomic E-state index is 12.4. The van der Waals surface area contributed by atoms with Gasteiger partial charge < -0.3 is 19.0 Å². The number of hydrogen-bond acceptors (Lipinski definition) is 5. The number of hydrogen-bond donors (Lipinski definition) is 1. The molecule has 0 fully saturated rings. The molecule has 2 aromatic heterocycles. The molecule has 1 atom stereocenters. The lowest BCUT2D eigenvalue weighted by molar-refractivity contribution is 0.0698. The van der Waals surface area contributed by atoms with E-state index in [1.54, 1.807) is 19.2 Å². The van der Waals surface area contributed by atoms with Crippen LogP contribution in [-0.2, 0) is 0 Å². The van der Waals surface area contributed by atoms with Crippen LogP contribution in [-0.4, -0.2) is 23.2 Å². The van der Waals surface area contributed by atoms with E-state index in [-0.39, 0.29) is 11.7 Å². The van der Waals surface area contributed by atoms with Gasteiger partial charge in [0, 0.05) is 10.9 Å². The maximum Gasteiger partial charge on any atom is 0.336 e. The van der Waals surface area contributed by atoms with E-state index in [9.17, 15) is 9.90 Å². The molecule has 3 aromatic carbocycles. The lowest BCUT2D eigenvalue weighted by Gasteiger charge is -2.19. The highest BCUT2D eigenvalue weighted by atomic mass is 16.5. The lowest BCUT2D eigenvalue weighted by atomic mass is 10.0. The summed E-state index contributed by atoms with van der Waals surface area (Å²) in [6, 6.07) is 20.6. The lowest BCUT2D eigenvalue weighted by Crippen LogP contribution is -2.07. The minimum absolute atomic E-state index is 0.116. The van der Waals surface area contributed by atoms with Crippen LogP contribution in [0.4, 0.5) is 0 Å². The van der Waals surface area contributed by atoms with E-state index in [4.69, 9.17) is 18.9 Å². The van der Waals surface area contributed by atoms with E-state index < -0.39 is 5.97 Å². The number of benzene rings is 3. The standard InChI is InChI=1S/C29H25NO5/c1-16-9-14-25(34-18(3)19-10-12-20(33-4)13-11-19)26-22(29(31)32)15-23(30-27(16)26)28-17(2)21-7-5-6-8-24(21)35-28/h5-15,18H,1-4H3,(H,31,32)/t18-/m1/s1. The van der Waals surface area contributed by atoms with Gasteiger partial charge in [0.2, 0.25) is 0 Å². The number of ether oxygens (including phenoxy) is 2. The summed E-state index contributed by atoms with van der Waals surface area (Å²) in [5.41, 5.74) is 4.61. The number of pyridine rings is 1. The monoisotopic (exact) mass is 467 g/mol. The number of aryl methyl sites for hydroxylation is 2. The second-order valence-electron chi connectivity index (χ2n) is 8.55. The molecule has 6 nitrogen and oxygen atoms in total. The van der Waals surface area contributed by atoms with Crippen LogP contribution in [0.2, 0.25) is 0 Å². The molecule has 0 radical (unpaired) electrons. The van der Waals surface area contributed by atoms with Crippen LogP contribution in [0.5, 0.6) is 11.5 Å². The van der Waals surface area contributed by atoms with Crippen molar-refractivity contribution in [1.29, 1.82) is 0 Å². The summed E-state index contributed by atoms with van der Waals surface area (Å²) in [6.45, 7) is 5.79. The van der Waals surface area contributed by atoms with Crippen LogP contribution >= 0.6 is 0 Å². The Morgan fingerprint density at radius 2 is 1.77 bits per heavy atom. The van der Waals surface area contributed by atoms with E-state index in [1.807, 2.05) is 75.4 Å². The Balaban J connectivity index is 1.65. The number of para-hydroxylation sites is 1. The number of carboxylic acid groups (broad SMARTS) is 1. The van der Waals surface area contributed by atoms with Gasteiger partial charge in [-0.3, -0.25) is 0 Å². The van der Waals surface area contributed by atoms with Gasteiger partial charge in [0.25, 0.3) is 0 Å². The molecule has 0 spiro atoms. The number of methoxy groups -OCH3 is 1. The highest BCUT2D eigenvalue weighted by molar-refractivity contribution is 6.07. The normalized spacial score (nSPS) is 12.1. The fourth-order valence-electron chi connectivity index (χ4n) is 4.38. The summed E-state index contributed by atoms with van der Waals surface area (Å²) >= 11 is 0. The van der Waals surface area contributed by atoms with E-state index in [0.717, 1.165) is 33.4 Å². The summed E-state index contributed by atoms with van der Waals surface area (Å²) in [7, 11) is 1.62. The van der Waals surface area contributed by atoms with Gasteiger partial charge in [0.1, 0.15) is 28.9 Å². The average Bonchev–Trinajstić information content (AvgIpc) is 3.21. The van der Waals surface area contributed by atoms with Crippen molar-refractivity contribution in [3.63, 3.8) is 0 Å². The minimum atomic E-state index is -1.06. The Bertz CT molecular complexity index is 1570. The summed E-state index contributed by atoms with van der Waals surface area (Å²) in [6.07, 6.45) is -0.314. The van der Waals surface area contributed by atoms with E-state index >= 15 is 0 Å². The van der Waals surface area contributed by atoms with Crippen molar-refractivity contribution in [3.05, 3.63) is 89.0 Å². The fraction of sp³-hybridized carbons (Fsp3) is 0.172. The highest BCUT2D eigenvalue weighted by Gasteiger charge is 2.22. The Morgan fingerprint density at radius 3 is 2.46 bits per heavy atom. The third-order valence-corrected chi connectivity index (χ3v) is 6.32. The molecule has 0 saturated carbocycles. The number of carboxylic acids is 1. The Hall–Kier alpha value is -4.32. The number of furan rings is 1. The van der Waals surface area contributed by atoms with Crippen molar-refractivity contribution in [3.8, 4) is 23.0 Å². The molecule has 35 heavy (non-hydrogen) atoms. The van der Waals surface area contributed by atoms with Gasteiger partial charge >= 0.3 is 5.97 Å². The quantitative estimate of drug-likeness (QED) is 0.286. The van der Waals surface area contributed by atoms with Gasteiger partial charge in [-0.15, -0.1) is 0 Å². The predicted octanol–water partition coefficient (Wildman–Crippen LogP) is 7.11. The molecule has 0 bridgehead atoms. The van der Waals surface area contributed by atoms with Gasteiger partial charge in [-0.05, 0) is 62.2 Å². The average molecular weight is 468 g/mol. The summed E-state index contributed by atoms with van der Waals surface area (Å²) in [5.74, 6) is 0.729. The van der Waals surface area contributed by atoms with Crippen molar-refractivity contribution < 1.29 is 23.8 Å². The van der Waals surface area contributed by atoms with E-state index in [2.05, 4.69) is 0 Å². The first kappa shape index (κ1) is 22.5. The highest BCUT2D eigenvalue weighted by Crippen LogP contribution is 2.38. The van der Waals surface area contributed by atoms with E-state index in [0.29, 0.717) is 28.1 Å². The number of carbonyl (C=O) groups is 1. The molecular weight excluding hydrogens is 442 g/mol. The molecule has 0 saturated heterocycles. The van der Waals surface area contributed by atoms with Crippen molar-refractivity contribution >= 4 is 27.8 Å². The topological polar surface area (TPSA) is 81.8 Å². The van der Waals surface area contributed by atoms with Crippen LogP contribution in [0, 0.1) is 13.8 Å². The molecule has 6 heteroatoms. The molecule has 0 unspecified atom stereocenters. The van der Waals surface area contributed by atoms with Crippen LogP contribution in [0.25, 0.3) is 33.3 Å². The fourth-order valence-corrected chi connectivity index (χ4v) is 4.38. The van der Waals surface area contributed by atoms with Gasteiger partial charge in [0.15, 0.2) is 5.76 Å². The van der Waals surface area contributed by atoms with Gasteiger partial charge in [0.05, 0.1) is 23.6 Å².